The van der Waals surface area contributed by atoms with Crippen LogP contribution >= 0.6 is 49.4 Å². The van der Waals surface area contributed by atoms with E-state index in [1.807, 2.05) is 0 Å². The monoisotopic (exact) mass is 711 g/mol. The van der Waals surface area contributed by atoms with Gasteiger partial charge in [-0.15, -0.1) is 0 Å². The number of aromatic nitrogens is 7. The summed E-state index contributed by atoms with van der Waals surface area (Å²) in [5.74, 6) is 0.189. The van der Waals surface area contributed by atoms with E-state index in [1.165, 1.54) is 17.2 Å². The summed E-state index contributed by atoms with van der Waals surface area (Å²) in [6.07, 6.45) is -3.22. The van der Waals surface area contributed by atoms with E-state index in [-0.39, 0.29) is 52.6 Å². The first kappa shape index (κ1) is 31.7. The van der Waals surface area contributed by atoms with Gasteiger partial charge >= 0.3 is 18.5 Å². The highest BCUT2D eigenvalue weighted by molar-refractivity contribution is 8.44. The zero-order chi connectivity index (χ0) is 31.4. The Labute approximate surface area is 260 Å². The second-order valence-electron chi connectivity index (χ2n) is 9.71. The number of thiazole rings is 1. The molecule has 0 aromatic carbocycles. The minimum atomic E-state index is -4.22. The van der Waals surface area contributed by atoms with Crippen molar-refractivity contribution in [3.05, 3.63) is 28.6 Å². The fraction of sp³-hybridized carbons (Fsp3) is 0.500. The highest BCUT2D eigenvalue weighted by Crippen LogP contribution is 2.57. The van der Waals surface area contributed by atoms with Crippen molar-refractivity contribution in [1.82, 2.24) is 34.1 Å². The van der Waals surface area contributed by atoms with Gasteiger partial charge in [-0.3, -0.25) is 27.5 Å². The van der Waals surface area contributed by atoms with Crippen molar-refractivity contribution in [3.63, 3.8) is 0 Å². The number of hydrogen-bond acceptors (Lipinski definition) is 16. The van der Waals surface area contributed by atoms with Crippen LogP contribution < -0.4 is 16.3 Å². The van der Waals surface area contributed by atoms with Gasteiger partial charge < -0.3 is 25.8 Å². The fourth-order valence-corrected chi connectivity index (χ4v) is 7.84. The molecule has 44 heavy (non-hydrogen) atoms. The quantitative estimate of drug-likeness (QED) is 0.117. The van der Waals surface area contributed by atoms with E-state index in [1.54, 1.807) is 0 Å². The third-order valence-corrected chi connectivity index (χ3v) is 10.2. The van der Waals surface area contributed by atoms with Crippen LogP contribution in [-0.4, -0.2) is 76.6 Å². The van der Waals surface area contributed by atoms with Crippen molar-refractivity contribution in [2.75, 3.05) is 24.7 Å². The summed E-state index contributed by atoms with van der Waals surface area (Å²) in [7, 11) is 0. The van der Waals surface area contributed by atoms with Crippen molar-refractivity contribution < 1.29 is 41.5 Å². The molecule has 18 nitrogen and oxygen atoms in total. The number of thiol groups is 2. The largest absolute Gasteiger partial charge is 0.386 e. The van der Waals surface area contributed by atoms with Crippen LogP contribution in [0.25, 0.3) is 21.5 Å². The number of nitrogens with two attached hydrogens (primary N) is 2. The van der Waals surface area contributed by atoms with Crippen LogP contribution in [0.5, 0.6) is 0 Å². The molecule has 2 saturated heterocycles. The zero-order valence-electron chi connectivity index (χ0n) is 22.1. The van der Waals surface area contributed by atoms with E-state index < -0.39 is 62.0 Å². The molecule has 0 bridgehead atoms. The Balaban J connectivity index is 1.17. The Morgan fingerprint density at radius 1 is 1.00 bits per heavy atom. The van der Waals surface area contributed by atoms with Crippen molar-refractivity contribution in [1.29, 1.82) is 0 Å². The molecule has 0 spiro atoms. The van der Waals surface area contributed by atoms with Gasteiger partial charge in [0, 0.05) is 12.8 Å². The SMILES string of the molecule is Nc1ncnc2c1ncn2[C@@H]1O[C@H](CO[P@](=O)(S)O[C@@H]2CC(CO[P@@](=O)(O)S)O[C@H]2n2c(=O)sc3c(N)ncnc32)C[C@H]1F. The topological polar surface area (TPSA) is 244 Å². The van der Waals surface area contributed by atoms with Crippen LogP contribution in [0.2, 0.25) is 0 Å². The van der Waals surface area contributed by atoms with Crippen LogP contribution in [0.15, 0.2) is 23.8 Å². The smallest absolute Gasteiger partial charge is 0.382 e. The Morgan fingerprint density at radius 2 is 1.66 bits per heavy atom. The van der Waals surface area contributed by atoms with E-state index in [0.717, 1.165) is 22.2 Å². The molecule has 0 amide bonds. The maximum Gasteiger partial charge on any atom is 0.386 e. The molecule has 2 aliphatic rings. The summed E-state index contributed by atoms with van der Waals surface area (Å²) in [4.78, 5) is 41.9. The van der Waals surface area contributed by atoms with Gasteiger partial charge in [-0.05, 0) is 0 Å². The van der Waals surface area contributed by atoms with E-state index in [0.29, 0.717) is 0 Å². The van der Waals surface area contributed by atoms with Crippen LogP contribution in [-0.2, 0) is 32.2 Å². The molecule has 0 aliphatic carbocycles. The zero-order valence-corrected chi connectivity index (χ0v) is 26.5. The van der Waals surface area contributed by atoms with Gasteiger partial charge in [-0.2, -0.15) is 0 Å². The average Bonchev–Trinajstić information content (AvgIpc) is 3.71. The summed E-state index contributed by atoms with van der Waals surface area (Å²) >= 11 is 8.33. The number of alkyl halides is 1. The van der Waals surface area contributed by atoms with Crippen LogP contribution in [0.1, 0.15) is 25.3 Å². The van der Waals surface area contributed by atoms with Crippen molar-refractivity contribution >= 4 is 82.6 Å². The van der Waals surface area contributed by atoms with Gasteiger partial charge in [0.15, 0.2) is 29.6 Å². The summed E-state index contributed by atoms with van der Waals surface area (Å²) in [5, 5.41) is 0. The lowest BCUT2D eigenvalue weighted by atomic mass is 10.2. The second-order valence-corrected chi connectivity index (χ2v) is 16.3. The Bertz CT molecular complexity index is 1860. The lowest BCUT2D eigenvalue weighted by Crippen LogP contribution is -2.28. The molecule has 238 valence electrons. The van der Waals surface area contributed by atoms with Gasteiger partial charge in [-0.25, -0.2) is 38.4 Å². The standard InChI is InChI=1S/C20H24FN9O9P2S3/c21-10-1-8(37-18(10)29-7-28-12-14(22)24-5-26-16(12)29)4-36-41(34,43)39-11-2-9(3-35-40(32,33)42)38-19(11)30-17-13(44-20(30)31)15(23)25-6-27-17/h5-11,18-19H,1-4H2,(H,34,43)(H2,22,24,26)(H2,23,25,27)(H2,32,33,42)/t8-,9?,10+,11+,18+,19+,41-/m0/s1. The molecule has 1 unspecified atom stereocenters. The number of imidazole rings is 1. The number of fused-ring (bicyclic) bond motifs is 2. The molecule has 5 N–H and O–H groups in total. The Kier molecular flexibility index (Phi) is 8.78. The first-order valence-corrected chi connectivity index (χ1v) is 18.9. The summed E-state index contributed by atoms with van der Waals surface area (Å²) in [6.45, 7) is -9.16. The lowest BCUT2D eigenvalue weighted by Gasteiger charge is -2.23. The minimum Gasteiger partial charge on any atom is -0.382 e. The number of anilines is 2. The van der Waals surface area contributed by atoms with Crippen LogP contribution in [0, 0.1) is 0 Å². The lowest BCUT2D eigenvalue weighted by molar-refractivity contribution is -0.0476. The van der Waals surface area contributed by atoms with Crippen LogP contribution in [0.3, 0.4) is 0 Å². The minimum absolute atomic E-state index is 0.0614. The molecule has 2 aliphatic heterocycles. The third kappa shape index (κ3) is 6.52. The molecular formula is C20H24FN9O9P2S3. The predicted molar refractivity (Wildman–Crippen MR) is 160 cm³/mol. The number of halogens is 1. The number of hydrogen-bond donors (Lipinski definition) is 5. The molecule has 24 heteroatoms. The van der Waals surface area contributed by atoms with Gasteiger partial charge in [0.2, 0.25) is 0 Å². The number of rotatable bonds is 10. The average molecular weight is 712 g/mol. The Morgan fingerprint density at radius 3 is 2.41 bits per heavy atom. The normalized spacial score (nSPS) is 28.5. The second kappa shape index (κ2) is 12.2. The van der Waals surface area contributed by atoms with Crippen molar-refractivity contribution in [2.45, 2.75) is 49.8 Å². The van der Waals surface area contributed by atoms with Crippen molar-refractivity contribution in [2.24, 2.45) is 0 Å². The fourth-order valence-electron chi connectivity index (χ4n) is 4.91. The highest BCUT2D eigenvalue weighted by Gasteiger charge is 2.44. The van der Waals surface area contributed by atoms with Gasteiger partial charge in [0.05, 0.1) is 31.7 Å². The van der Waals surface area contributed by atoms with Crippen molar-refractivity contribution in [3.8, 4) is 0 Å². The first-order chi connectivity index (χ1) is 20.8. The summed E-state index contributed by atoms with van der Waals surface area (Å²) in [6, 6.07) is 0. The first-order valence-electron chi connectivity index (χ1n) is 12.6. The predicted octanol–water partition coefficient (Wildman–Crippen LogP) is 2.26. The number of nitrogens with zero attached hydrogens (tertiary/aromatic N) is 7. The Hall–Kier alpha value is -2.23. The van der Waals surface area contributed by atoms with Gasteiger partial charge in [-0.1, -0.05) is 35.8 Å². The maximum atomic E-state index is 15.0. The van der Waals surface area contributed by atoms with Crippen LogP contribution in [0.4, 0.5) is 16.0 Å². The number of ether oxygens (including phenoxy) is 2. The summed E-state index contributed by atoms with van der Waals surface area (Å²) in [5.41, 5.74) is 12.4. The summed E-state index contributed by atoms with van der Waals surface area (Å²) < 4.78 is 70.6. The van der Waals surface area contributed by atoms with E-state index in [9.17, 15) is 18.8 Å². The van der Waals surface area contributed by atoms with Gasteiger partial charge in [0.1, 0.15) is 41.0 Å². The molecule has 2 fully saturated rings. The molecule has 0 saturated carbocycles. The van der Waals surface area contributed by atoms with Gasteiger partial charge in [0.25, 0.3) is 0 Å². The third-order valence-electron chi connectivity index (χ3n) is 6.74. The number of nitrogen functional groups attached to an aromatic ring is 2. The molecule has 8 atom stereocenters. The van der Waals surface area contributed by atoms with E-state index in [2.05, 4.69) is 49.4 Å². The molecule has 6 heterocycles. The molecular weight excluding hydrogens is 687 g/mol. The maximum absolute atomic E-state index is 15.0. The molecule has 4 aromatic heterocycles. The molecule has 4 aromatic rings. The molecule has 6 rings (SSSR count). The van der Waals surface area contributed by atoms with E-state index in [4.69, 9.17) is 34.5 Å². The van der Waals surface area contributed by atoms with E-state index >= 15 is 4.39 Å². The highest BCUT2D eigenvalue weighted by atomic mass is 32.7. The molecule has 0 radical (unpaired) electrons.